The molecule has 0 heterocycles. The van der Waals surface area contributed by atoms with E-state index < -0.39 is 0 Å². The lowest BCUT2D eigenvalue weighted by Gasteiger charge is -2.12. The molecule has 2 nitrogen and oxygen atoms in total. The van der Waals surface area contributed by atoms with Gasteiger partial charge in [0, 0.05) is 6.42 Å². The Labute approximate surface area is 130 Å². The zero-order valence-corrected chi connectivity index (χ0v) is 13.5. The normalized spacial score (nSPS) is 10.4. The van der Waals surface area contributed by atoms with Gasteiger partial charge in [-0.1, -0.05) is 48.2 Å². The largest absolute Gasteiger partial charge is 0.489 e. The summed E-state index contributed by atoms with van der Waals surface area (Å²) < 4.78 is 5.94. The average Bonchev–Trinajstić information content (AvgIpc) is 2.49. The van der Waals surface area contributed by atoms with E-state index in [0.717, 1.165) is 22.4 Å². The smallest absolute Gasteiger partial charge is 0.193 e. The van der Waals surface area contributed by atoms with Gasteiger partial charge in [0.15, 0.2) is 5.12 Å². The highest BCUT2D eigenvalue weighted by Crippen LogP contribution is 2.21. The summed E-state index contributed by atoms with van der Waals surface area (Å²) in [6, 6.07) is 14.1. The van der Waals surface area contributed by atoms with Crippen molar-refractivity contribution in [1.29, 1.82) is 0 Å². The molecule has 0 bridgehead atoms. The summed E-state index contributed by atoms with van der Waals surface area (Å²) in [6.07, 6.45) is 2.27. The Bertz CT molecular complexity index is 635. The van der Waals surface area contributed by atoms with Crippen LogP contribution < -0.4 is 4.74 Å². The van der Waals surface area contributed by atoms with Crippen LogP contribution in [0.5, 0.6) is 5.75 Å². The minimum absolute atomic E-state index is 0.175. The van der Waals surface area contributed by atoms with Crippen molar-refractivity contribution in [3.63, 3.8) is 0 Å². The highest BCUT2D eigenvalue weighted by atomic mass is 32.2. The second-order valence-corrected chi connectivity index (χ2v) is 5.94. The molecule has 21 heavy (non-hydrogen) atoms. The van der Waals surface area contributed by atoms with E-state index >= 15 is 0 Å². The quantitative estimate of drug-likeness (QED) is 0.823. The van der Waals surface area contributed by atoms with E-state index in [1.54, 1.807) is 0 Å². The van der Waals surface area contributed by atoms with Crippen molar-refractivity contribution < 1.29 is 9.53 Å². The minimum Gasteiger partial charge on any atom is -0.489 e. The summed E-state index contributed by atoms with van der Waals surface area (Å²) in [7, 11) is 0. The van der Waals surface area contributed by atoms with Crippen molar-refractivity contribution in [1.82, 2.24) is 0 Å². The Balaban J connectivity index is 2.13. The van der Waals surface area contributed by atoms with Crippen LogP contribution in [0, 0.1) is 13.8 Å². The molecule has 0 amide bonds. The van der Waals surface area contributed by atoms with Gasteiger partial charge in [-0.3, -0.25) is 4.79 Å². The molecule has 0 atom stereocenters. The SMILES string of the molecule is CSC(=O)Cc1ccccc1COc1cc(C)ccc1C. The van der Waals surface area contributed by atoms with Crippen molar-refractivity contribution in [2.45, 2.75) is 26.9 Å². The molecular formula is C18H20O2S. The van der Waals surface area contributed by atoms with Crippen molar-refractivity contribution in [3.05, 3.63) is 64.7 Å². The van der Waals surface area contributed by atoms with Gasteiger partial charge in [-0.25, -0.2) is 0 Å². The highest BCUT2D eigenvalue weighted by molar-refractivity contribution is 8.13. The van der Waals surface area contributed by atoms with Crippen LogP contribution in [0.3, 0.4) is 0 Å². The van der Waals surface area contributed by atoms with Crippen molar-refractivity contribution in [3.8, 4) is 5.75 Å². The molecule has 0 unspecified atom stereocenters. The van der Waals surface area contributed by atoms with E-state index in [1.165, 1.54) is 17.3 Å². The number of hydrogen-bond acceptors (Lipinski definition) is 3. The van der Waals surface area contributed by atoms with E-state index in [-0.39, 0.29) is 5.12 Å². The first-order valence-electron chi connectivity index (χ1n) is 6.94. The van der Waals surface area contributed by atoms with Crippen LogP contribution in [-0.4, -0.2) is 11.4 Å². The van der Waals surface area contributed by atoms with Crippen LogP contribution in [0.1, 0.15) is 22.3 Å². The fourth-order valence-electron chi connectivity index (χ4n) is 2.12. The summed E-state index contributed by atoms with van der Waals surface area (Å²) in [4.78, 5) is 11.6. The summed E-state index contributed by atoms with van der Waals surface area (Å²) in [5.74, 6) is 0.904. The monoisotopic (exact) mass is 300 g/mol. The molecule has 2 aromatic rings. The molecule has 0 saturated carbocycles. The molecule has 0 saturated heterocycles. The van der Waals surface area contributed by atoms with E-state index in [0.29, 0.717) is 13.0 Å². The van der Waals surface area contributed by atoms with Gasteiger partial charge in [0.2, 0.25) is 0 Å². The first kappa shape index (κ1) is 15.6. The molecule has 0 aliphatic rings. The predicted molar refractivity (Wildman–Crippen MR) is 88.9 cm³/mol. The predicted octanol–water partition coefficient (Wildman–Crippen LogP) is 4.31. The second-order valence-electron chi connectivity index (χ2n) is 5.08. The Kier molecular flexibility index (Phi) is 5.45. The summed E-state index contributed by atoms with van der Waals surface area (Å²) in [6.45, 7) is 4.58. The van der Waals surface area contributed by atoms with E-state index in [2.05, 4.69) is 19.1 Å². The topological polar surface area (TPSA) is 26.3 Å². The van der Waals surface area contributed by atoms with Crippen LogP contribution in [0.4, 0.5) is 0 Å². The first-order valence-corrected chi connectivity index (χ1v) is 8.16. The van der Waals surface area contributed by atoms with Crippen LogP contribution in [-0.2, 0) is 17.8 Å². The third-order valence-corrected chi connectivity index (χ3v) is 4.01. The van der Waals surface area contributed by atoms with E-state index in [1.807, 2.05) is 43.5 Å². The maximum atomic E-state index is 11.6. The molecule has 110 valence electrons. The molecule has 2 aromatic carbocycles. The molecule has 0 aliphatic heterocycles. The van der Waals surface area contributed by atoms with Gasteiger partial charge >= 0.3 is 0 Å². The van der Waals surface area contributed by atoms with Crippen molar-refractivity contribution >= 4 is 16.9 Å². The zero-order chi connectivity index (χ0) is 15.2. The molecule has 0 aliphatic carbocycles. The number of ether oxygens (including phenoxy) is 1. The minimum atomic E-state index is 0.175. The lowest BCUT2D eigenvalue weighted by atomic mass is 10.1. The number of carbonyl (C=O) groups excluding carboxylic acids is 1. The van der Waals surface area contributed by atoms with Gasteiger partial charge in [-0.05, 0) is 48.4 Å². The molecule has 3 heteroatoms. The summed E-state index contributed by atoms with van der Waals surface area (Å²) >= 11 is 1.27. The highest BCUT2D eigenvalue weighted by Gasteiger charge is 2.08. The third kappa shape index (κ3) is 4.36. The zero-order valence-electron chi connectivity index (χ0n) is 12.7. The average molecular weight is 300 g/mol. The fraction of sp³-hybridized carbons (Fsp3) is 0.278. The third-order valence-electron chi connectivity index (χ3n) is 3.41. The van der Waals surface area contributed by atoms with Gasteiger partial charge in [-0.15, -0.1) is 0 Å². The number of carbonyl (C=O) groups is 1. The molecule has 0 aromatic heterocycles. The van der Waals surface area contributed by atoms with Crippen molar-refractivity contribution in [2.24, 2.45) is 0 Å². The molecule has 0 spiro atoms. The van der Waals surface area contributed by atoms with Crippen LogP contribution in [0.15, 0.2) is 42.5 Å². The number of rotatable bonds is 5. The number of aryl methyl sites for hydroxylation is 2. The summed E-state index contributed by atoms with van der Waals surface area (Å²) in [5.41, 5.74) is 4.42. The Morgan fingerprint density at radius 1 is 1.10 bits per heavy atom. The number of thioether (sulfide) groups is 1. The first-order chi connectivity index (χ1) is 10.1. The standard InChI is InChI=1S/C18H20O2S/c1-13-8-9-14(2)17(10-13)20-12-16-7-5-4-6-15(16)11-18(19)21-3/h4-10H,11-12H2,1-3H3. The van der Waals surface area contributed by atoms with Crippen molar-refractivity contribution in [2.75, 3.05) is 6.26 Å². The van der Waals surface area contributed by atoms with Crippen LogP contribution >= 0.6 is 11.8 Å². The number of hydrogen-bond donors (Lipinski definition) is 0. The molecule has 2 rings (SSSR count). The molecule has 0 radical (unpaired) electrons. The van der Waals surface area contributed by atoms with E-state index in [4.69, 9.17) is 4.74 Å². The van der Waals surface area contributed by atoms with Crippen LogP contribution in [0.2, 0.25) is 0 Å². The van der Waals surface area contributed by atoms with Gasteiger partial charge in [0.1, 0.15) is 12.4 Å². The Morgan fingerprint density at radius 2 is 1.81 bits per heavy atom. The Hall–Kier alpha value is -1.74. The molecule has 0 fully saturated rings. The maximum absolute atomic E-state index is 11.6. The summed E-state index contributed by atoms with van der Waals surface area (Å²) in [5, 5.41) is 0.175. The van der Waals surface area contributed by atoms with Gasteiger partial charge in [0.05, 0.1) is 0 Å². The maximum Gasteiger partial charge on any atom is 0.193 e. The molecule has 0 N–H and O–H groups in total. The molecular weight excluding hydrogens is 280 g/mol. The van der Waals surface area contributed by atoms with Gasteiger partial charge in [0.25, 0.3) is 0 Å². The van der Waals surface area contributed by atoms with Gasteiger partial charge < -0.3 is 4.74 Å². The van der Waals surface area contributed by atoms with Gasteiger partial charge in [-0.2, -0.15) is 0 Å². The van der Waals surface area contributed by atoms with E-state index in [9.17, 15) is 4.79 Å². The van der Waals surface area contributed by atoms with Crippen LogP contribution in [0.25, 0.3) is 0 Å². The lowest BCUT2D eigenvalue weighted by molar-refractivity contribution is -0.110. The Morgan fingerprint density at radius 3 is 2.52 bits per heavy atom. The second kappa shape index (κ2) is 7.32. The lowest BCUT2D eigenvalue weighted by Crippen LogP contribution is -2.04. The fourth-order valence-corrected chi connectivity index (χ4v) is 2.42. The number of benzene rings is 2.